The maximum atomic E-state index is 12.1. The van der Waals surface area contributed by atoms with E-state index in [1.165, 1.54) is 29.5 Å². The summed E-state index contributed by atoms with van der Waals surface area (Å²) in [4.78, 5) is 14.6. The molecule has 3 nitrogen and oxygen atoms in total. The Bertz CT molecular complexity index is 703. The van der Waals surface area contributed by atoms with E-state index in [0.29, 0.717) is 12.2 Å². The van der Waals surface area contributed by atoms with Crippen molar-refractivity contribution in [2.24, 2.45) is 5.92 Å². The molecule has 1 heterocycles. The normalized spacial score (nSPS) is 15.9. The van der Waals surface area contributed by atoms with Gasteiger partial charge in [-0.1, -0.05) is 43.3 Å². The molecule has 132 valence electrons. The van der Waals surface area contributed by atoms with Gasteiger partial charge in [0.25, 0.3) is 0 Å². The van der Waals surface area contributed by atoms with Gasteiger partial charge >= 0.3 is 5.97 Å². The Morgan fingerprint density at radius 3 is 2.52 bits per heavy atom. The predicted molar refractivity (Wildman–Crippen MR) is 102 cm³/mol. The van der Waals surface area contributed by atoms with Crippen molar-refractivity contribution in [1.82, 2.24) is 4.90 Å². The fourth-order valence-electron chi connectivity index (χ4n) is 3.43. The van der Waals surface area contributed by atoms with Gasteiger partial charge < -0.3 is 4.74 Å². The van der Waals surface area contributed by atoms with E-state index in [2.05, 4.69) is 42.2 Å². The summed E-state index contributed by atoms with van der Waals surface area (Å²) in [5.74, 6) is 0.575. The molecule has 0 aliphatic carbocycles. The van der Waals surface area contributed by atoms with Crippen LogP contribution < -0.4 is 0 Å². The van der Waals surface area contributed by atoms with Crippen LogP contribution in [0.25, 0.3) is 11.1 Å². The largest absolute Gasteiger partial charge is 0.462 e. The minimum Gasteiger partial charge on any atom is -0.462 e. The van der Waals surface area contributed by atoms with Crippen LogP contribution in [-0.2, 0) is 11.3 Å². The van der Waals surface area contributed by atoms with Gasteiger partial charge in [0.2, 0.25) is 0 Å². The molecule has 1 aliphatic rings. The average Bonchev–Trinajstić information content (AvgIpc) is 2.64. The van der Waals surface area contributed by atoms with Gasteiger partial charge in [0.1, 0.15) is 0 Å². The van der Waals surface area contributed by atoms with E-state index in [1.807, 2.05) is 25.1 Å². The van der Waals surface area contributed by atoms with Gasteiger partial charge in [0.15, 0.2) is 0 Å². The number of benzene rings is 2. The second-order valence-corrected chi connectivity index (χ2v) is 6.92. The van der Waals surface area contributed by atoms with Crippen molar-refractivity contribution < 1.29 is 9.53 Å². The number of esters is 1. The number of nitrogens with zero attached hydrogens (tertiary/aromatic N) is 1. The number of piperidine rings is 1. The first-order valence-electron chi connectivity index (χ1n) is 9.25. The van der Waals surface area contributed by atoms with Crippen LogP contribution in [0, 0.1) is 5.92 Å². The molecule has 0 unspecified atom stereocenters. The third kappa shape index (κ3) is 4.49. The van der Waals surface area contributed by atoms with Crippen LogP contribution in [0.3, 0.4) is 0 Å². The monoisotopic (exact) mass is 337 g/mol. The molecule has 0 atom stereocenters. The van der Waals surface area contributed by atoms with E-state index in [1.54, 1.807) is 0 Å². The Hall–Kier alpha value is -2.13. The highest BCUT2D eigenvalue weighted by Crippen LogP contribution is 2.28. The van der Waals surface area contributed by atoms with Crippen molar-refractivity contribution in [1.29, 1.82) is 0 Å². The fraction of sp³-hybridized carbons (Fsp3) is 0.409. The standard InChI is InChI=1S/C22H27NO2/c1-3-25-22(24)19-9-10-21(18-7-5-4-6-8-18)20(15-19)16-23-13-11-17(2)12-14-23/h4-10,15,17H,3,11-14,16H2,1-2H3. The summed E-state index contributed by atoms with van der Waals surface area (Å²) in [6.45, 7) is 7.70. The third-order valence-electron chi connectivity index (χ3n) is 4.97. The highest BCUT2D eigenvalue weighted by molar-refractivity contribution is 5.90. The van der Waals surface area contributed by atoms with E-state index in [0.717, 1.165) is 25.6 Å². The number of carbonyl (C=O) groups excluding carboxylic acids is 1. The highest BCUT2D eigenvalue weighted by Gasteiger charge is 2.18. The lowest BCUT2D eigenvalue weighted by Crippen LogP contribution is -2.32. The summed E-state index contributed by atoms with van der Waals surface area (Å²) >= 11 is 0. The molecular formula is C22H27NO2. The molecule has 0 N–H and O–H groups in total. The van der Waals surface area contributed by atoms with Crippen molar-refractivity contribution in [2.45, 2.75) is 33.2 Å². The van der Waals surface area contributed by atoms with Crippen molar-refractivity contribution in [3.05, 3.63) is 59.7 Å². The van der Waals surface area contributed by atoms with Gasteiger partial charge in [0.05, 0.1) is 12.2 Å². The number of hydrogen-bond donors (Lipinski definition) is 0. The maximum Gasteiger partial charge on any atom is 0.338 e. The summed E-state index contributed by atoms with van der Waals surface area (Å²) in [5.41, 5.74) is 4.23. The van der Waals surface area contributed by atoms with E-state index < -0.39 is 0 Å². The number of carbonyl (C=O) groups is 1. The molecule has 1 fully saturated rings. The Morgan fingerprint density at radius 1 is 1.12 bits per heavy atom. The summed E-state index contributed by atoms with van der Waals surface area (Å²) < 4.78 is 5.18. The van der Waals surface area contributed by atoms with Crippen molar-refractivity contribution >= 4 is 5.97 Å². The fourth-order valence-corrected chi connectivity index (χ4v) is 3.43. The molecule has 3 heteroatoms. The molecule has 0 radical (unpaired) electrons. The van der Waals surface area contributed by atoms with Gasteiger partial charge in [0, 0.05) is 6.54 Å². The molecule has 25 heavy (non-hydrogen) atoms. The van der Waals surface area contributed by atoms with Gasteiger partial charge in [-0.15, -0.1) is 0 Å². The van der Waals surface area contributed by atoms with Crippen molar-refractivity contribution in [3.63, 3.8) is 0 Å². The molecule has 1 saturated heterocycles. The third-order valence-corrected chi connectivity index (χ3v) is 4.97. The average molecular weight is 337 g/mol. The lowest BCUT2D eigenvalue weighted by Gasteiger charge is -2.31. The number of ether oxygens (including phenoxy) is 1. The minimum atomic E-state index is -0.240. The molecule has 0 aromatic heterocycles. The number of rotatable bonds is 5. The van der Waals surface area contributed by atoms with Crippen molar-refractivity contribution in [2.75, 3.05) is 19.7 Å². The Balaban J connectivity index is 1.90. The summed E-state index contributed by atoms with van der Waals surface area (Å²) in [7, 11) is 0. The van der Waals surface area contributed by atoms with Gasteiger partial charge in [-0.25, -0.2) is 4.79 Å². The van der Waals surface area contributed by atoms with Crippen LogP contribution in [-0.4, -0.2) is 30.6 Å². The second-order valence-electron chi connectivity index (χ2n) is 6.92. The first-order valence-corrected chi connectivity index (χ1v) is 9.25. The predicted octanol–water partition coefficient (Wildman–Crippen LogP) is 4.76. The molecule has 3 rings (SSSR count). The summed E-state index contributed by atoms with van der Waals surface area (Å²) in [6, 6.07) is 16.3. The Labute approximate surface area is 150 Å². The van der Waals surface area contributed by atoms with E-state index in [4.69, 9.17) is 4.74 Å². The minimum absolute atomic E-state index is 0.240. The molecule has 0 amide bonds. The van der Waals surface area contributed by atoms with Crippen LogP contribution in [0.4, 0.5) is 0 Å². The second kappa shape index (κ2) is 8.30. The van der Waals surface area contributed by atoms with Crippen LogP contribution in [0.2, 0.25) is 0 Å². The lowest BCUT2D eigenvalue weighted by atomic mass is 9.95. The smallest absolute Gasteiger partial charge is 0.338 e. The summed E-state index contributed by atoms with van der Waals surface area (Å²) in [6.07, 6.45) is 2.50. The Kier molecular flexibility index (Phi) is 5.87. The zero-order valence-electron chi connectivity index (χ0n) is 15.2. The molecule has 1 aliphatic heterocycles. The van der Waals surface area contributed by atoms with Crippen LogP contribution in [0.1, 0.15) is 42.6 Å². The van der Waals surface area contributed by atoms with Crippen LogP contribution in [0.15, 0.2) is 48.5 Å². The highest BCUT2D eigenvalue weighted by atomic mass is 16.5. The Morgan fingerprint density at radius 2 is 1.84 bits per heavy atom. The summed E-state index contributed by atoms with van der Waals surface area (Å²) in [5, 5.41) is 0. The van der Waals surface area contributed by atoms with Crippen molar-refractivity contribution in [3.8, 4) is 11.1 Å². The first kappa shape index (κ1) is 17.7. The van der Waals surface area contributed by atoms with E-state index in [-0.39, 0.29) is 5.97 Å². The maximum absolute atomic E-state index is 12.1. The quantitative estimate of drug-likeness (QED) is 0.737. The molecule has 0 bridgehead atoms. The molecule has 2 aromatic rings. The number of likely N-dealkylation sites (tertiary alicyclic amines) is 1. The van der Waals surface area contributed by atoms with E-state index in [9.17, 15) is 4.79 Å². The molecular weight excluding hydrogens is 310 g/mol. The lowest BCUT2D eigenvalue weighted by molar-refractivity contribution is 0.0526. The van der Waals surface area contributed by atoms with Crippen LogP contribution in [0.5, 0.6) is 0 Å². The van der Waals surface area contributed by atoms with E-state index >= 15 is 0 Å². The molecule has 0 spiro atoms. The first-order chi connectivity index (χ1) is 12.2. The van der Waals surface area contributed by atoms with Gasteiger partial charge in [-0.2, -0.15) is 0 Å². The molecule has 0 saturated carbocycles. The topological polar surface area (TPSA) is 29.5 Å². The van der Waals surface area contributed by atoms with Gasteiger partial charge in [-0.3, -0.25) is 4.90 Å². The zero-order valence-corrected chi connectivity index (χ0v) is 15.2. The molecule has 2 aromatic carbocycles. The SMILES string of the molecule is CCOC(=O)c1ccc(-c2ccccc2)c(CN2CCC(C)CC2)c1. The number of hydrogen-bond acceptors (Lipinski definition) is 3. The van der Waals surface area contributed by atoms with Gasteiger partial charge in [-0.05, 0) is 67.6 Å². The van der Waals surface area contributed by atoms with Crippen LogP contribution >= 0.6 is 0 Å². The zero-order chi connectivity index (χ0) is 17.6.